The van der Waals surface area contributed by atoms with E-state index in [1.165, 1.54) is 4.88 Å². The van der Waals surface area contributed by atoms with Gasteiger partial charge in [0.2, 0.25) is 17.7 Å². The molecule has 2 fully saturated rings. The summed E-state index contributed by atoms with van der Waals surface area (Å²) >= 11 is 1.55. The Balaban J connectivity index is 1.47. The number of likely N-dealkylation sites (tertiary alicyclic amines) is 1. The minimum absolute atomic E-state index is 0.000250. The molecule has 204 valence electrons. The maximum atomic E-state index is 13.0. The number of fused-ring (bicyclic) bond motifs is 2. The number of carbonyl (C=O) groups is 3. The Kier molecular flexibility index (Phi) is 8.14. The first-order valence-corrected chi connectivity index (χ1v) is 14.4. The first-order valence-electron chi connectivity index (χ1n) is 13.6. The molecule has 4 rings (SSSR count). The fourth-order valence-corrected chi connectivity index (χ4v) is 8.35. The van der Waals surface area contributed by atoms with E-state index in [0.29, 0.717) is 37.6 Å². The van der Waals surface area contributed by atoms with E-state index in [4.69, 9.17) is 4.98 Å². The largest absolute Gasteiger partial charge is 0.392 e. The maximum Gasteiger partial charge on any atom is 0.229 e. The van der Waals surface area contributed by atoms with Crippen LogP contribution in [-0.4, -0.2) is 70.4 Å². The molecule has 9 heteroatoms. The van der Waals surface area contributed by atoms with E-state index >= 15 is 0 Å². The Morgan fingerprint density at radius 3 is 2.62 bits per heavy atom. The molecular weight excluding hydrogens is 488 g/mol. The Hall–Kier alpha value is -2.26. The average molecular weight is 531 g/mol. The monoisotopic (exact) mass is 530 g/mol. The summed E-state index contributed by atoms with van der Waals surface area (Å²) in [5.41, 5.74) is 0.891. The molecule has 8 nitrogen and oxygen atoms in total. The van der Waals surface area contributed by atoms with Crippen LogP contribution in [-0.2, 0) is 20.8 Å². The average Bonchev–Trinajstić information content (AvgIpc) is 3.25. The van der Waals surface area contributed by atoms with Gasteiger partial charge in [0.15, 0.2) is 5.13 Å². The number of likely N-dealkylation sites (N-methyl/N-ethyl adjacent to an activating group) is 1. The predicted molar refractivity (Wildman–Crippen MR) is 145 cm³/mol. The summed E-state index contributed by atoms with van der Waals surface area (Å²) in [5.74, 6) is -0.373. The molecule has 1 aliphatic heterocycles. The van der Waals surface area contributed by atoms with Crippen LogP contribution >= 0.6 is 11.3 Å². The molecule has 0 bridgehead atoms. The summed E-state index contributed by atoms with van der Waals surface area (Å²) in [4.78, 5) is 47.0. The van der Waals surface area contributed by atoms with Gasteiger partial charge in [-0.2, -0.15) is 0 Å². The SMILES string of the molecule is C=CCN(C)C(=O)[C@@H](C)C1CC[C@@]2(C)Cc3sc(NC(=O)C4CCN(C(C)=O)CC4)nc3[C@@H](C)[C@@H]2[C@H]1O. The highest BCUT2D eigenvalue weighted by Crippen LogP contribution is 2.57. The molecule has 0 radical (unpaired) electrons. The summed E-state index contributed by atoms with van der Waals surface area (Å²) in [6, 6.07) is 0. The van der Waals surface area contributed by atoms with Crippen molar-refractivity contribution in [2.24, 2.45) is 29.1 Å². The summed E-state index contributed by atoms with van der Waals surface area (Å²) in [6.45, 7) is 13.3. The molecule has 2 heterocycles. The molecule has 1 aromatic heterocycles. The van der Waals surface area contributed by atoms with Gasteiger partial charge in [0.25, 0.3) is 0 Å². The topological polar surface area (TPSA) is 103 Å². The van der Waals surface area contributed by atoms with Crippen LogP contribution in [0.5, 0.6) is 0 Å². The summed E-state index contributed by atoms with van der Waals surface area (Å²) in [6.07, 6.45) is 5.04. The lowest BCUT2D eigenvalue weighted by Gasteiger charge is -2.53. The van der Waals surface area contributed by atoms with E-state index in [2.05, 4.69) is 25.7 Å². The van der Waals surface area contributed by atoms with E-state index in [1.54, 1.807) is 41.2 Å². The lowest BCUT2D eigenvalue weighted by molar-refractivity contribution is -0.143. The lowest BCUT2D eigenvalue weighted by Crippen LogP contribution is -2.53. The number of nitrogens with one attached hydrogen (secondary N) is 1. The number of amides is 3. The van der Waals surface area contributed by atoms with Crippen molar-refractivity contribution in [1.29, 1.82) is 0 Å². The number of piperidine rings is 1. The van der Waals surface area contributed by atoms with Crippen molar-refractivity contribution in [1.82, 2.24) is 14.8 Å². The third-order valence-electron chi connectivity index (χ3n) is 9.27. The molecule has 1 saturated carbocycles. The molecule has 1 saturated heterocycles. The van der Waals surface area contributed by atoms with Crippen molar-refractivity contribution in [2.75, 3.05) is 32.0 Å². The molecule has 2 N–H and O–H groups in total. The molecule has 2 aliphatic carbocycles. The van der Waals surface area contributed by atoms with Gasteiger partial charge in [0, 0.05) is 56.2 Å². The normalized spacial score (nSPS) is 30.6. The van der Waals surface area contributed by atoms with Gasteiger partial charge in [0.05, 0.1) is 11.8 Å². The molecule has 6 atom stereocenters. The van der Waals surface area contributed by atoms with E-state index in [-0.39, 0.29) is 52.7 Å². The second-order valence-corrected chi connectivity index (χ2v) is 12.8. The van der Waals surface area contributed by atoms with Crippen LogP contribution in [0.4, 0.5) is 5.13 Å². The van der Waals surface area contributed by atoms with Gasteiger partial charge >= 0.3 is 0 Å². The molecule has 0 spiro atoms. The van der Waals surface area contributed by atoms with Gasteiger partial charge in [-0.15, -0.1) is 17.9 Å². The van der Waals surface area contributed by atoms with Crippen molar-refractivity contribution in [3.05, 3.63) is 23.2 Å². The maximum absolute atomic E-state index is 13.0. The number of carbonyl (C=O) groups excluding carboxylic acids is 3. The quantitative estimate of drug-likeness (QED) is 0.547. The second kappa shape index (κ2) is 10.8. The Bertz CT molecular complexity index is 1050. The smallest absolute Gasteiger partial charge is 0.229 e. The zero-order valence-corrected chi connectivity index (χ0v) is 23.6. The summed E-state index contributed by atoms with van der Waals surface area (Å²) in [5, 5.41) is 15.3. The Labute approximate surface area is 224 Å². The third-order valence-corrected chi connectivity index (χ3v) is 10.3. The Morgan fingerprint density at radius 1 is 1.32 bits per heavy atom. The van der Waals surface area contributed by atoms with Crippen molar-refractivity contribution in [3.63, 3.8) is 0 Å². The number of rotatable bonds is 6. The molecule has 37 heavy (non-hydrogen) atoms. The zero-order valence-electron chi connectivity index (χ0n) is 22.8. The van der Waals surface area contributed by atoms with Crippen LogP contribution in [0.2, 0.25) is 0 Å². The highest BCUT2D eigenvalue weighted by Gasteiger charge is 2.54. The van der Waals surface area contributed by atoms with Gasteiger partial charge in [-0.3, -0.25) is 14.4 Å². The van der Waals surface area contributed by atoms with E-state index in [1.807, 2.05) is 6.92 Å². The third kappa shape index (κ3) is 5.35. The van der Waals surface area contributed by atoms with Gasteiger partial charge in [-0.05, 0) is 49.4 Å². The van der Waals surface area contributed by atoms with Crippen molar-refractivity contribution in [2.45, 2.75) is 71.8 Å². The number of aliphatic hydroxyl groups excluding tert-OH is 1. The van der Waals surface area contributed by atoms with Crippen LogP contribution in [0, 0.1) is 29.1 Å². The lowest BCUT2D eigenvalue weighted by atomic mass is 9.53. The molecule has 1 aromatic rings. The zero-order chi connectivity index (χ0) is 27.1. The fraction of sp³-hybridized carbons (Fsp3) is 0.714. The molecule has 1 unspecified atom stereocenters. The number of nitrogens with zero attached hydrogens (tertiary/aromatic N) is 3. The molecule has 3 aliphatic rings. The van der Waals surface area contributed by atoms with Gasteiger partial charge in [-0.1, -0.05) is 26.8 Å². The molecular formula is C28H42N4O4S. The van der Waals surface area contributed by atoms with Crippen molar-refractivity contribution >= 4 is 34.2 Å². The van der Waals surface area contributed by atoms with E-state index in [0.717, 1.165) is 25.0 Å². The molecule has 0 aromatic carbocycles. The number of thiazole rings is 1. The second-order valence-electron chi connectivity index (χ2n) is 11.7. The van der Waals surface area contributed by atoms with Gasteiger partial charge in [0.1, 0.15) is 0 Å². The minimum atomic E-state index is -0.593. The molecule has 3 amide bonds. The Morgan fingerprint density at radius 2 is 2.00 bits per heavy atom. The van der Waals surface area contributed by atoms with Crippen molar-refractivity contribution in [3.8, 4) is 0 Å². The minimum Gasteiger partial charge on any atom is -0.392 e. The highest BCUT2D eigenvalue weighted by atomic mass is 32.1. The number of anilines is 1. The number of hydrogen-bond donors (Lipinski definition) is 2. The number of aliphatic hydroxyl groups is 1. The van der Waals surface area contributed by atoms with Crippen LogP contribution in [0.25, 0.3) is 0 Å². The predicted octanol–water partition coefficient (Wildman–Crippen LogP) is 3.67. The van der Waals surface area contributed by atoms with Crippen LogP contribution in [0.15, 0.2) is 12.7 Å². The number of hydrogen-bond acceptors (Lipinski definition) is 6. The van der Waals surface area contributed by atoms with Gasteiger partial charge < -0.3 is 20.2 Å². The van der Waals surface area contributed by atoms with Crippen LogP contribution in [0.3, 0.4) is 0 Å². The fourth-order valence-electron chi connectivity index (χ4n) is 7.08. The highest BCUT2D eigenvalue weighted by molar-refractivity contribution is 7.15. The first-order chi connectivity index (χ1) is 17.5. The summed E-state index contributed by atoms with van der Waals surface area (Å²) < 4.78 is 0. The summed E-state index contributed by atoms with van der Waals surface area (Å²) in [7, 11) is 1.78. The van der Waals surface area contributed by atoms with E-state index in [9.17, 15) is 19.5 Å². The van der Waals surface area contributed by atoms with Gasteiger partial charge in [-0.25, -0.2) is 4.98 Å². The van der Waals surface area contributed by atoms with Crippen LogP contribution in [0.1, 0.15) is 69.9 Å². The number of aromatic nitrogens is 1. The first kappa shape index (κ1) is 27.8. The van der Waals surface area contributed by atoms with Crippen LogP contribution < -0.4 is 5.32 Å². The van der Waals surface area contributed by atoms with E-state index < -0.39 is 6.10 Å². The van der Waals surface area contributed by atoms with Crippen molar-refractivity contribution < 1.29 is 19.5 Å². The standard InChI is InChI=1S/C28H42N4O4S/c1-7-12-31(6)26(36)16(2)20-8-11-28(5)15-21-23(17(3)22(28)24(20)34)29-27(37-21)30-25(35)19-9-13-32(14-10-19)18(4)33/h7,16-17,19-20,22,24,34H,1,8-15H2,2-6H3,(H,29,30,35)/t16-,17-,20?,22+,24-,28-/m0/s1.